The van der Waals surface area contributed by atoms with Gasteiger partial charge in [-0.15, -0.1) is 0 Å². The summed E-state index contributed by atoms with van der Waals surface area (Å²) in [6, 6.07) is 11.4. The molecule has 0 aliphatic rings. The highest BCUT2D eigenvalue weighted by Gasteiger charge is 2.26. The number of hydrogen-bond donors (Lipinski definition) is 2. The van der Waals surface area contributed by atoms with E-state index in [1.807, 2.05) is 39.8 Å². The molecule has 0 heterocycles. The van der Waals surface area contributed by atoms with Gasteiger partial charge in [0.2, 0.25) is 5.91 Å². The van der Waals surface area contributed by atoms with Crippen molar-refractivity contribution in [2.75, 3.05) is 12.4 Å². The fourth-order valence-corrected chi connectivity index (χ4v) is 2.79. The van der Waals surface area contributed by atoms with Gasteiger partial charge in [-0.1, -0.05) is 38.1 Å². The molecule has 28 heavy (non-hydrogen) atoms. The van der Waals surface area contributed by atoms with E-state index in [1.165, 1.54) is 7.11 Å². The zero-order chi connectivity index (χ0) is 20.8. The molecule has 0 aromatic heterocycles. The Morgan fingerprint density at radius 2 is 1.64 bits per heavy atom. The van der Waals surface area contributed by atoms with Crippen LogP contribution in [0.2, 0.25) is 0 Å². The van der Waals surface area contributed by atoms with Crippen LogP contribution in [-0.2, 0) is 9.53 Å². The summed E-state index contributed by atoms with van der Waals surface area (Å²) in [5.41, 5.74) is 3.01. The number of rotatable bonds is 6. The van der Waals surface area contributed by atoms with Crippen molar-refractivity contribution in [2.45, 2.75) is 33.7 Å². The average molecular weight is 382 g/mol. The van der Waals surface area contributed by atoms with Gasteiger partial charge in [-0.25, -0.2) is 4.79 Å². The number of carbonyl (C=O) groups excluding carboxylic acids is 3. The van der Waals surface area contributed by atoms with Crippen LogP contribution in [0.3, 0.4) is 0 Å². The number of ether oxygens (including phenoxy) is 1. The fourth-order valence-electron chi connectivity index (χ4n) is 2.79. The Bertz CT molecular complexity index is 890. The number of methoxy groups -OCH3 is 1. The SMILES string of the molecule is COC(=O)c1ccc(C)c(NC(=O)[C@@H](NC(=O)c2ccccc2C)C(C)C)c1. The lowest BCUT2D eigenvalue weighted by atomic mass is 10.0. The summed E-state index contributed by atoms with van der Waals surface area (Å²) >= 11 is 0. The van der Waals surface area contributed by atoms with E-state index in [2.05, 4.69) is 10.6 Å². The Morgan fingerprint density at radius 3 is 2.25 bits per heavy atom. The second-order valence-corrected chi connectivity index (χ2v) is 7.02. The third-order valence-corrected chi connectivity index (χ3v) is 4.54. The number of amides is 2. The van der Waals surface area contributed by atoms with Gasteiger partial charge < -0.3 is 15.4 Å². The van der Waals surface area contributed by atoms with Crippen molar-refractivity contribution in [2.24, 2.45) is 5.92 Å². The third kappa shape index (κ3) is 4.97. The Hall–Kier alpha value is -3.15. The lowest BCUT2D eigenvalue weighted by Crippen LogP contribution is -2.47. The minimum Gasteiger partial charge on any atom is -0.465 e. The summed E-state index contributed by atoms with van der Waals surface area (Å²) in [6.07, 6.45) is 0. The molecular weight excluding hydrogens is 356 g/mol. The molecule has 0 aliphatic heterocycles. The van der Waals surface area contributed by atoms with E-state index < -0.39 is 12.0 Å². The number of aryl methyl sites for hydroxylation is 2. The lowest BCUT2D eigenvalue weighted by molar-refractivity contribution is -0.118. The standard InChI is InChI=1S/C22H26N2O4/c1-13(2)19(24-20(25)17-9-7-6-8-14(17)3)21(26)23-18-12-16(22(27)28-5)11-10-15(18)4/h6-13,19H,1-5H3,(H,23,26)(H,24,25)/t19-/m0/s1. The highest BCUT2D eigenvalue weighted by molar-refractivity contribution is 6.02. The summed E-state index contributed by atoms with van der Waals surface area (Å²) in [5.74, 6) is -1.25. The van der Waals surface area contributed by atoms with E-state index in [-0.39, 0.29) is 17.7 Å². The Balaban J connectivity index is 2.21. The number of carbonyl (C=O) groups is 3. The minimum atomic E-state index is -0.728. The first-order valence-corrected chi connectivity index (χ1v) is 9.11. The number of hydrogen-bond acceptors (Lipinski definition) is 4. The molecule has 6 nitrogen and oxygen atoms in total. The van der Waals surface area contributed by atoms with Gasteiger partial charge in [-0.2, -0.15) is 0 Å². The largest absolute Gasteiger partial charge is 0.465 e. The van der Waals surface area contributed by atoms with Crippen LogP contribution in [-0.4, -0.2) is 30.9 Å². The van der Waals surface area contributed by atoms with Crippen molar-refractivity contribution in [3.63, 3.8) is 0 Å². The van der Waals surface area contributed by atoms with Crippen LogP contribution < -0.4 is 10.6 Å². The normalized spacial score (nSPS) is 11.6. The van der Waals surface area contributed by atoms with E-state index in [9.17, 15) is 14.4 Å². The van der Waals surface area contributed by atoms with Crippen LogP contribution >= 0.6 is 0 Å². The molecule has 2 aromatic rings. The molecule has 6 heteroatoms. The van der Waals surface area contributed by atoms with E-state index in [0.717, 1.165) is 11.1 Å². The monoisotopic (exact) mass is 382 g/mol. The molecule has 2 N–H and O–H groups in total. The van der Waals surface area contributed by atoms with Gasteiger partial charge in [-0.3, -0.25) is 9.59 Å². The molecule has 0 unspecified atom stereocenters. The minimum absolute atomic E-state index is 0.128. The molecule has 0 bridgehead atoms. The smallest absolute Gasteiger partial charge is 0.337 e. The van der Waals surface area contributed by atoms with Gasteiger partial charge in [0, 0.05) is 11.3 Å². The van der Waals surface area contributed by atoms with Gasteiger partial charge in [0.1, 0.15) is 6.04 Å². The first-order valence-electron chi connectivity index (χ1n) is 9.11. The summed E-state index contributed by atoms with van der Waals surface area (Å²) < 4.78 is 4.73. The molecule has 2 rings (SSSR count). The lowest BCUT2D eigenvalue weighted by Gasteiger charge is -2.23. The number of benzene rings is 2. The Morgan fingerprint density at radius 1 is 0.964 bits per heavy atom. The molecule has 2 aromatic carbocycles. The van der Waals surface area contributed by atoms with Crippen molar-refractivity contribution < 1.29 is 19.1 Å². The third-order valence-electron chi connectivity index (χ3n) is 4.54. The van der Waals surface area contributed by atoms with E-state index >= 15 is 0 Å². The van der Waals surface area contributed by atoms with E-state index in [4.69, 9.17) is 4.74 Å². The molecular formula is C22H26N2O4. The highest BCUT2D eigenvalue weighted by atomic mass is 16.5. The van der Waals surface area contributed by atoms with Crippen LogP contribution in [0.5, 0.6) is 0 Å². The number of nitrogens with one attached hydrogen (secondary N) is 2. The summed E-state index contributed by atoms with van der Waals surface area (Å²) in [7, 11) is 1.30. The zero-order valence-electron chi connectivity index (χ0n) is 16.8. The Kier molecular flexibility index (Phi) is 6.93. The molecule has 0 saturated carbocycles. The molecule has 0 aliphatic carbocycles. The summed E-state index contributed by atoms with van der Waals surface area (Å²) in [4.78, 5) is 37.2. The van der Waals surface area contributed by atoms with Crippen LogP contribution in [0.1, 0.15) is 45.7 Å². The van der Waals surface area contributed by atoms with Gasteiger partial charge in [0.15, 0.2) is 0 Å². The maximum absolute atomic E-state index is 12.9. The molecule has 148 valence electrons. The van der Waals surface area contributed by atoms with Crippen LogP contribution in [0, 0.1) is 19.8 Å². The first kappa shape index (κ1) is 21.2. The molecule has 0 fully saturated rings. The topological polar surface area (TPSA) is 84.5 Å². The quantitative estimate of drug-likeness (QED) is 0.749. The Labute approximate surface area is 165 Å². The second-order valence-electron chi connectivity index (χ2n) is 7.02. The van der Waals surface area contributed by atoms with E-state index in [0.29, 0.717) is 16.8 Å². The van der Waals surface area contributed by atoms with Gasteiger partial charge in [0.25, 0.3) is 5.91 Å². The van der Waals surface area contributed by atoms with Crippen LogP contribution in [0.15, 0.2) is 42.5 Å². The highest BCUT2D eigenvalue weighted by Crippen LogP contribution is 2.19. The fraction of sp³-hybridized carbons (Fsp3) is 0.318. The van der Waals surface area contributed by atoms with Gasteiger partial charge >= 0.3 is 5.97 Å². The molecule has 2 amide bonds. The predicted molar refractivity (Wildman–Crippen MR) is 108 cm³/mol. The molecule has 0 spiro atoms. The van der Waals surface area contributed by atoms with E-state index in [1.54, 1.807) is 30.3 Å². The van der Waals surface area contributed by atoms with Gasteiger partial charge in [0.05, 0.1) is 12.7 Å². The number of anilines is 1. The second kappa shape index (κ2) is 9.17. The van der Waals surface area contributed by atoms with Crippen molar-refractivity contribution in [1.82, 2.24) is 5.32 Å². The summed E-state index contributed by atoms with van der Waals surface area (Å²) in [5, 5.41) is 5.64. The van der Waals surface area contributed by atoms with Crippen molar-refractivity contribution in [1.29, 1.82) is 0 Å². The molecule has 0 radical (unpaired) electrons. The van der Waals surface area contributed by atoms with Crippen molar-refractivity contribution >= 4 is 23.5 Å². The molecule has 1 atom stereocenters. The maximum atomic E-state index is 12.9. The van der Waals surface area contributed by atoms with Crippen LogP contribution in [0.4, 0.5) is 5.69 Å². The van der Waals surface area contributed by atoms with Gasteiger partial charge in [-0.05, 0) is 49.1 Å². The van der Waals surface area contributed by atoms with Crippen LogP contribution in [0.25, 0.3) is 0 Å². The predicted octanol–water partition coefficient (Wildman–Crippen LogP) is 3.48. The molecule has 0 saturated heterocycles. The summed E-state index contributed by atoms with van der Waals surface area (Å²) in [6.45, 7) is 7.40. The average Bonchev–Trinajstić information content (AvgIpc) is 2.66. The van der Waals surface area contributed by atoms with Crippen molar-refractivity contribution in [3.05, 3.63) is 64.7 Å². The number of esters is 1. The maximum Gasteiger partial charge on any atom is 0.337 e. The first-order chi connectivity index (χ1) is 13.2. The van der Waals surface area contributed by atoms with Crippen molar-refractivity contribution in [3.8, 4) is 0 Å². The zero-order valence-corrected chi connectivity index (χ0v) is 16.8.